The Kier molecular flexibility index (Phi) is 4.52. The van der Waals surface area contributed by atoms with Gasteiger partial charge in [0.2, 0.25) is 10.0 Å². The van der Waals surface area contributed by atoms with Crippen molar-refractivity contribution >= 4 is 10.0 Å². The molecule has 3 nitrogen and oxygen atoms in total. The molecule has 0 radical (unpaired) electrons. The van der Waals surface area contributed by atoms with Gasteiger partial charge in [-0.1, -0.05) is 48.5 Å². The van der Waals surface area contributed by atoms with E-state index in [9.17, 15) is 12.8 Å². The zero-order valence-corrected chi connectivity index (χ0v) is 11.9. The van der Waals surface area contributed by atoms with Crippen molar-refractivity contribution < 1.29 is 12.8 Å². The molecule has 0 fully saturated rings. The van der Waals surface area contributed by atoms with E-state index in [1.807, 2.05) is 30.3 Å². The summed E-state index contributed by atoms with van der Waals surface area (Å²) in [6.45, 7) is 0. The number of benzene rings is 2. The molecule has 0 aliphatic carbocycles. The lowest BCUT2D eigenvalue weighted by Gasteiger charge is -2.18. The Bertz CT molecular complexity index is 671. The van der Waals surface area contributed by atoms with Crippen LogP contribution in [0, 0.1) is 5.82 Å². The van der Waals surface area contributed by atoms with Crippen LogP contribution in [0.1, 0.15) is 17.2 Å². The standard InChI is InChI=1S/C15H16FNO2S/c1-20(18,19)17-15(11-12-7-3-2-4-8-12)13-9-5-6-10-14(13)16/h2-10,15,17H,11H2,1H3/t15-/m0/s1. The molecule has 1 atom stereocenters. The van der Waals surface area contributed by atoms with E-state index < -0.39 is 21.9 Å². The van der Waals surface area contributed by atoms with Crippen LogP contribution in [-0.4, -0.2) is 14.7 Å². The minimum absolute atomic E-state index is 0.349. The van der Waals surface area contributed by atoms with Gasteiger partial charge in [0, 0.05) is 5.56 Å². The lowest BCUT2D eigenvalue weighted by molar-refractivity contribution is 0.536. The van der Waals surface area contributed by atoms with Crippen LogP contribution in [-0.2, 0) is 16.4 Å². The fourth-order valence-electron chi connectivity index (χ4n) is 2.08. The van der Waals surface area contributed by atoms with Crippen LogP contribution in [0.25, 0.3) is 0 Å². The fourth-order valence-corrected chi connectivity index (χ4v) is 2.81. The first-order valence-electron chi connectivity index (χ1n) is 6.21. The van der Waals surface area contributed by atoms with Gasteiger partial charge in [-0.3, -0.25) is 0 Å². The van der Waals surface area contributed by atoms with Crippen molar-refractivity contribution in [3.05, 3.63) is 71.5 Å². The SMILES string of the molecule is CS(=O)(=O)N[C@@H](Cc1ccccc1)c1ccccc1F. The third kappa shape index (κ3) is 4.15. The smallest absolute Gasteiger partial charge is 0.209 e. The van der Waals surface area contributed by atoms with Crippen LogP contribution in [0.15, 0.2) is 54.6 Å². The number of hydrogen-bond acceptors (Lipinski definition) is 2. The molecule has 0 heterocycles. The minimum atomic E-state index is -3.43. The van der Waals surface area contributed by atoms with Gasteiger partial charge in [0.15, 0.2) is 0 Å². The third-order valence-corrected chi connectivity index (χ3v) is 3.63. The Balaban J connectivity index is 2.33. The molecule has 2 rings (SSSR count). The van der Waals surface area contributed by atoms with E-state index in [0.29, 0.717) is 12.0 Å². The van der Waals surface area contributed by atoms with Crippen molar-refractivity contribution in [1.82, 2.24) is 4.72 Å². The zero-order chi connectivity index (χ0) is 14.6. The third-order valence-electron chi connectivity index (χ3n) is 2.92. The topological polar surface area (TPSA) is 46.2 Å². The second-order valence-electron chi connectivity index (χ2n) is 4.65. The van der Waals surface area contributed by atoms with Crippen molar-refractivity contribution in [3.8, 4) is 0 Å². The first-order chi connectivity index (χ1) is 9.46. The predicted octanol–water partition coefficient (Wildman–Crippen LogP) is 2.66. The maximum absolute atomic E-state index is 13.9. The number of rotatable bonds is 5. The Morgan fingerprint density at radius 3 is 2.25 bits per heavy atom. The van der Waals surface area contributed by atoms with Gasteiger partial charge in [0.25, 0.3) is 0 Å². The summed E-state index contributed by atoms with van der Waals surface area (Å²) < 4.78 is 39.3. The van der Waals surface area contributed by atoms with E-state index in [2.05, 4.69) is 4.72 Å². The van der Waals surface area contributed by atoms with Crippen LogP contribution >= 0.6 is 0 Å². The highest BCUT2D eigenvalue weighted by atomic mass is 32.2. The van der Waals surface area contributed by atoms with Gasteiger partial charge in [-0.25, -0.2) is 17.5 Å². The minimum Gasteiger partial charge on any atom is -0.213 e. The molecular formula is C15H16FNO2S. The summed E-state index contributed by atoms with van der Waals surface area (Å²) in [6.07, 6.45) is 1.47. The summed E-state index contributed by atoms with van der Waals surface area (Å²) in [7, 11) is -3.43. The van der Waals surface area contributed by atoms with E-state index in [0.717, 1.165) is 11.8 Å². The molecule has 0 aliphatic heterocycles. The highest BCUT2D eigenvalue weighted by Crippen LogP contribution is 2.21. The largest absolute Gasteiger partial charge is 0.213 e. The molecule has 5 heteroatoms. The molecule has 0 aliphatic rings. The van der Waals surface area contributed by atoms with Crippen molar-refractivity contribution in [2.45, 2.75) is 12.5 Å². The average molecular weight is 293 g/mol. The molecule has 2 aromatic rings. The van der Waals surface area contributed by atoms with Crippen molar-refractivity contribution in [2.75, 3.05) is 6.26 Å². The van der Waals surface area contributed by atoms with Gasteiger partial charge < -0.3 is 0 Å². The number of sulfonamides is 1. The summed E-state index contributed by atoms with van der Waals surface area (Å²) in [5.74, 6) is -0.412. The molecule has 0 aromatic heterocycles. The molecule has 106 valence electrons. The van der Waals surface area contributed by atoms with Crippen LogP contribution < -0.4 is 4.72 Å². The molecule has 0 bridgehead atoms. The molecular weight excluding hydrogens is 277 g/mol. The summed E-state index contributed by atoms with van der Waals surface area (Å²) in [5.41, 5.74) is 1.29. The Labute approximate surface area is 118 Å². The maximum atomic E-state index is 13.9. The molecule has 0 saturated heterocycles. The Morgan fingerprint density at radius 2 is 1.65 bits per heavy atom. The first-order valence-corrected chi connectivity index (χ1v) is 8.10. The highest BCUT2D eigenvalue weighted by molar-refractivity contribution is 7.88. The van der Waals surface area contributed by atoms with Crippen molar-refractivity contribution in [2.24, 2.45) is 0 Å². The van der Waals surface area contributed by atoms with E-state index >= 15 is 0 Å². The van der Waals surface area contributed by atoms with Gasteiger partial charge in [-0.2, -0.15) is 0 Å². The molecule has 0 saturated carbocycles. The monoisotopic (exact) mass is 293 g/mol. The summed E-state index contributed by atoms with van der Waals surface area (Å²) >= 11 is 0. The second-order valence-corrected chi connectivity index (χ2v) is 6.43. The normalized spacial score (nSPS) is 13.1. The lowest BCUT2D eigenvalue weighted by atomic mass is 9.99. The van der Waals surface area contributed by atoms with Crippen LogP contribution in [0.3, 0.4) is 0 Å². The molecule has 0 amide bonds. The number of hydrogen-bond donors (Lipinski definition) is 1. The van der Waals surface area contributed by atoms with E-state index in [4.69, 9.17) is 0 Å². The average Bonchev–Trinajstić information content (AvgIpc) is 2.38. The van der Waals surface area contributed by atoms with Gasteiger partial charge in [-0.15, -0.1) is 0 Å². The number of nitrogens with one attached hydrogen (secondary N) is 1. The first kappa shape index (κ1) is 14.7. The molecule has 0 unspecified atom stereocenters. The van der Waals surface area contributed by atoms with E-state index in [-0.39, 0.29) is 0 Å². The molecule has 0 spiro atoms. The van der Waals surface area contributed by atoms with Gasteiger partial charge >= 0.3 is 0 Å². The van der Waals surface area contributed by atoms with Gasteiger partial charge in [0.05, 0.1) is 12.3 Å². The van der Waals surface area contributed by atoms with E-state index in [1.165, 1.54) is 6.07 Å². The van der Waals surface area contributed by atoms with Gasteiger partial charge in [-0.05, 0) is 18.1 Å². The maximum Gasteiger partial charge on any atom is 0.209 e. The molecule has 20 heavy (non-hydrogen) atoms. The zero-order valence-electron chi connectivity index (χ0n) is 11.1. The van der Waals surface area contributed by atoms with Crippen molar-refractivity contribution in [1.29, 1.82) is 0 Å². The van der Waals surface area contributed by atoms with Gasteiger partial charge in [0.1, 0.15) is 5.82 Å². The summed E-state index contributed by atoms with van der Waals surface area (Å²) in [5, 5.41) is 0. The molecule has 1 N–H and O–H groups in total. The second kappa shape index (κ2) is 6.15. The van der Waals surface area contributed by atoms with Crippen molar-refractivity contribution in [3.63, 3.8) is 0 Å². The van der Waals surface area contributed by atoms with Crippen LogP contribution in [0.2, 0.25) is 0 Å². The predicted molar refractivity (Wildman–Crippen MR) is 77.3 cm³/mol. The fraction of sp³-hybridized carbons (Fsp3) is 0.200. The molecule has 2 aromatic carbocycles. The summed E-state index contributed by atoms with van der Waals surface area (Å²) in [4.78, 5) is 0. The highest BCUT2D eigenvalue weighted by Gasteiger charge is 2.19. The van der Waals surface area contributed by atoms with Crippen LogP contribution in [0.4, 0.5) is 4.39 Å². The van der Waals surface area contributed by atoms with Crippen LogP contribution in [0.5, 0.6) is 0 Å². The summed E-state index contributed by atoms with van der Waals surface area (Å²) in [6, 6.07) is 15.0. The Hall–Kier alpha value is -1.72. The number of halogens is 1. The Morgan fingerprint density at radius 1 is 1.05 bits per heavy atom. The quantitative estimate of drug-likeness (QED) is 0.921. The lowest BCUT2D eigenvalue weighted by Crippen LogP contribution is -2.29. The van der Waals surface area contributed by atoms with E-state index in [1.54, 1.807) is 18.2 Å².